The molecule has 0 unspecified atom stereocenters. The monoisotopic (exact) mass is 226 g/mol. The van der Waals surface area contributed by atoms with Gasteiger partial charge in [0.15, 0.2) is 0 Å². The van der Waals surface area contributed by atoms with E-state index in [2.05, 4.69) is 0 Å². The average molecular weight is 226 g/mol. The number of rotatable bonds is 7. The molecule has 4 N–H and O–H groups in total. The summed E-state index contributed by atoms with van der Waals surface area (Å²) < 4.78 is 0. The summed E-state index contributed by atoms with van der Waals surface area (Å²) in [5, 5.41) is 0. The number of carbonyl (C=O) groups excluding carboxylic acids is 2. The number of nitrogens with two attached hydrogens (primary N) is 2. The van der Waals surface area contributed by atoms with Crippen LogP contribution in [0.15, 0.2) is 12.2 Å². The molecule has 6 nitrogen and oxygen atoms in total. The van der Waals surface area contributed by atoms with E-state index in [9.17, 15) is 9.59 Å². The maximum atomic E-state index is 11.3. The van der Waals surface area contributed by atoms with Crippen molar-refractivity contribution in [1.29, 1.82) is 0 Å². The van der Waals surface area contributed by atoms with Crippen molar-refractivity contribution in [3.8, 4) is 0 Å². The lowest BCUT2D eigenvalue weighted by Crippen LogP contribution is -2.41. The Balaban J connectivity index is 2.36. The first-order valence-electron chi connectivity index (χ1n) is 5.35. The van der Waals surface area contributed by atoms with Crippen molar-refractivity contribution in [2.75, 3.05) is 39.3 Å². The van der Waals surface area contributed by atoms with E-state index in [1.165, 1.54) is 17.1 Å². The van der Waals surface area contributed by atoms with Gasteiger partial charge in [0.1, 0.15) is 0 Å². The molecule has 1 rings (SSSR count). The summed E-state index contributed by atoms with van der Waals surface area (Å²) in [5.74, 6) is -0.490. The van der Waals surface area contributed by atoms with Gasteiger partial charge in [-0.2, -0.15) is 0 Å². The Bertz CT molecular complexity index is 267. The average Bonchev–Trinajstić information content (AvgIpc) is 2.56. The van der Waals surface area contributed by atoms with Gasteiger partial charge >= 0.3 is 0 Å². The predicted octanol–water partition coefficient (Wildman–Crippen LogP) is -1.87. The maximum absolute atomic E-state index is 11.3. The van der Waals surface area contributed by atoms with Crippen molar-refractivity contribution in [3.05, 3.63) is 12.2 Å². The molecular formula is C10H18N4O2. The van der Waals surface area contributed by atoms with Crippen molar-refractivity contribution < 1.29 is 9.59 Å². The summed E-state index contributed by atoms with van der Waals surface area (Å²) in [5.41, 5.74) is 10.9. The van der Waals surface area contributed by atoms with Gasteiger partial charge in [0.25, 0.3) is 11.8 Å². The molecule has 6 heteroatoms. The van der Waals surface area contributed by atoms with Crippen LogP contribution >= 0.6 is 0 Å². The molecule has 16 heavy (non-hydrogen) atoms. The third-order valence-corrected chi connectivity index (χ3v) is 2.43. The molecule has 1 aliphatic heterocycles. The number of carbonyl (C=O) groups is 2. The normalized spacial score (nSPS) is 15.6. The van der Waals surface area contributed by atoms with Crippen molar-refractivity contribution in [1.82, 2.24) is 9.80 Å². The van der Waals surface area contributed by atoms with Gasteiger partial charge in [-0.1, -0.05) is 0 Å². The van der Waals surface area contributed by atoms with Crippen LogP contribution in [0.4, 0.5) is 0 Å². The molecule has 0 bridgehead atoms. The standard InChI is InChI=1S/C10H18N4O2/c11-3-5-13(6-4-12)7-8-14-9(15)1-2-10(14)16/h1-2H,3-8,11-12H2. The van der Waals surface area contributed by atoms with Crippen LogP contribution in [-0.4, -0.2) is 60.9 Å². The van der Waals surface area contributed by atoms with Crippen molar-refractivity contribution in [2.45, 2.75) is 0 Å². The molecule has 0 saturated heterocycles. The second-order valence-electron chi connectivity index (χ2n) is 3.58. The van der Waals surface area contributed by atoms with Crippen LogP contribution in [-0.2, 0) is 9.59 Å². The smallest absolute Gasteiger partial charge is 0.253 e. The summed E-state index contributed by atoms with van der Waals surface area (Å²) in [6.45, 7) is 3.54. The molecule has 0 aromatic heterocycles. The molecule has 0 aromatic carbocycles. The first-order valence-corrected chi connectivity index (χ1v) is 5.35. The lowest BCUT2D eigenvalue weighted by molar-refractivity contribution is -0.136. The third kappa shape index (κ3) is 3.41. The van der Waals surface area contributed by atoms with E-state index < -0.39 is 0 Å². The molecule has 0 aromatic rings. The molecule has 0 fully saturated rings. The van der Waals surface area contributed by atoms with Crippen LogP contribution in [0.5, 0.6) is 0 Å². The Hall–Kier alpha value is -1.24. The number of amides is 2. The number of hydrogen-bond donors (Lipinski definition) is 2. The van der Waals surface area contributed by atoms with Gasteiger partial charge in [-0.3, -0.25) is 19.4 Å². The van der Waals surface area contributed by atoms with Gasteiger partial charge in [-0.05, 0) is 0 Å². The minimum absolute atomic E-state index is 0.245. The highest BCUT2D eigenvalue weighted by Crippen LogP contribution is 2.03. The molecule has 1 aliphatic rings. The van der Waals surface area contributed by atoms with Crippen LogP contribution in [0.2, 0.25) is 0 Å². The summed E-state index contributed by atoms with van der Waals surface area (Å²) in [4.78, 5) is 25.8. The molecule has 0 spiro atoms. The summed E-state index contributed by atoms with van der Waals surface area (Å²) in [6, 6.07) is 0. The summed E-state index contributed by atoms with van der Waals surface area (Å²) in [6.07, 6.45) is 2.58. The van der Waals surface area contributed by atoms with Crippen LogP contribution in [0.3, 0.4) is 0 Å². The second-order valence-corrected chi connectivity index (χ2v) is 3.58. The third-order valence-electron chi connectivity index (χ3n) is 2.43. The lowest BCUT2D eigenvalue weighted by Gasteiger charge is -2.23. The Labute approximate surface area is 94.9 Å². The van der Waals surface area contributed by atoms with Gasteiger partial charge in [-0.15, -0.1) is 0 Å². The zero-order chi connectivity index (χ0) is 12.0. The van der Waals surface area contributed by atoms with Gasteiger partial charge in [0.05, 0.1) is 0 Å². The molecular weight excluding hydrogens is 208 g/mol. The fraction of sp³-hybridized carbons (Fsp3) is 0.600. The van der Waals surface area contributed by atoms with Crippen LogP contribution < -0.4 is 11.5 Å². The van der Waals surface area contributed by atoms with Crippen LogP contribution in [0.1, 0.15) is 0 Å². The number of hydrogen-bond acceptors (Lipinski definition) is 5. The fourth-order valence-electron chi connectivity index (χ4n) is 1.59. The van der Waals surface area contributed by atoms with E-state index in [0.29, 0.717) is 26.2 Å². The van der Waals surface area contributed by atoms with E-state index in [4.69, 9.17) is 11.5 Å². The van der Waals surface area contributed by atoms with E-state index >= 15 is 0 Å². The molecule has 0 aliphatic carbocycles. The Morgan fingerprint density at radius 1 is 1.00 bits per heavy atom. The van der Waals surface area contributed by atoms with Crippen LogP contribution in [0, 0.1) is 0 Å². The maximum Gasteiger partial charge on any atom is 0.253 e. The van der Waals surface area contributed by atoms with Gasteiger partial charge in [0.2, 0.25) is 0 Å². The minimum Gasteiger partial charge on any atom is -0.329 e. The Kier molecular flexibility index (Phi) is 5.10. The van der Waals surface area contributed by atoms with Gasteiger partial charge in [-0.25, -0.2) is 0 Å². The molecule has 0 radical (unpaired) electrons. The Morgan fingerprint density at radius 3 is 1.94 bits per heavy atom. The number of nitrogens with zero attached hydrogens (tertiary/aromatic N) is 2. The first kappa shape index (κ1) is 12.8. The van der Waals surface area contributed by atoms with E-state index in [-0.39, 0.29) is 11.8 Å². The van der Waals surface area contributed by atoms with E-state index in [0.717, 1.165) is 13.1 Å². The largest absolute Gasteiger partial charge is 0.329 e. The first-order chi connectivity index (χ1) is 7.69. The van der Waals surface area contributed by atoms with Gasteiger partial charge < -0.3 is 11.5 Å². The molecule has 1 heterocycles. The molecule has 2 amide bonds. The summed E-state index contributed by atoms with van der Waals surface area (Å²) in [7, 11) is 0. The van der Waals surface area contributed by atoms with E-state index in [1.54, 1.807) is 0 Å². The number of imide groups is 1. The Morgan fingerprint density at radius 2 is 1.50 bits per heavy atom. The van der Waals surface area contributed by atoms with E-state index in [1.807, 2.05) is 4.90 Å². The lowest BCUT2D eigenvalue weighted by atomic mass is 10.4. The van der Waals surface area contributed by atoms with Crippen LogP contribution in [0.25, 0.3) is 0 Å². The fourth-order valence-corrected chi connectivity index (χ4v) is 1.59. The second kappa shape index (κ2) is 6.37. The highest BCUT2D eigenvalue weighted by atomic mass is 16.2. The van der Waals surface area contributed by atoms with Crippen molar-refractivity contribution in [2.24, 2.45) is 11.5 Å². The SMILES string of the molecule is NCCN(CCN)CCN1C(=O)C=CC1=O. The van der Waals surface area contributed by atoms with Gasteiger partial charge in [0, 0.05) is 51.4 Å². The minimum atomic E-state index is -0.245. The summed E-state index contributed by atoms with van der Waals surface area (Å²) >= 11 is 0. The highest BCUT2D eigenvalue weighted by Gasteiger charge is 2.23. The quantitative estimate of drug-likeness (QED) is 0.496. The highest BCUT2D eigenvalue weighted by molar-refractivity contribution is 6.12. The topological polar surface area (TPSA) is 92.7 Å². The predicted molar refractivity (Wildman–Crippen MR) is 60.4 cm³/mol. The van der Waals surface area contributed by atoms with Crippen molar-refractivity contribution in [3.63, 3.8) is 0 Å². The molecule has 90 valence electrons. The zero-order valence-corrected chi connectivity index (χ0v) is 9.26. The molecule has 0 atom stereocenters. The molecule has 0 saturated carbocycles. The zero-order valence-electron chi connectivity index (χ0n) is 9.26. The van der Waals surface area contributed by atoms with Crippen molar-refractivity contribution >= 4 is 11.8 Å².